The van der Waals surface area contributed by atoms with Gasteiger partial charge in [-0.2, -0.15) is 0 Å². The molecule has 2 aliphatic heterocycles. The molecule has 0 radical (unpaired) electrons. The van der Waals surface area contributed by atoms with E-state index in [-0.39, 0.29) is 29.5 Å². The maximum absolute atomic E-state index is 12.1. The minimum absolute atomic E-state index is 0.0633. The van der Waals surface area contributed by atoms with Crippen LogP contribution in [0.5, 0.6) is 5.75 Å². The van der Waals surface area contributed by atoms with E-state index in [2.05, 4.69) is 28.9 Å². The van der Waals surface area contributed by atoms with Crippen molar-refractivity contribution in [1.29, 1.82) is 0 Å². The number of aryl methyl sites for hydroxylation is 1. The van der Waals surface area contributed by atoms with Gasteiger partial charge in [0.05, 0.1) is 5.69 Å². The zero-order valence-electron chi connectivity index (χ0n) is 23.0. The molecule has 206 valence electrons. The molecule has 1 aromatic carbocycles. The van der Waals surface area contributed by atoms with Crippen LogP contribution in [-0.4, -0.2) is 68.9 Å². The van der Waals surface area contributed by atoms with Gasteiger partial charge < -0.3 is 24.0 Å². The van der Waals surface area contributed by atoms with E-state index in [1.165, 1.54) is 4.57 Å². The van der Waals surface area contributed by atoms with Crippen LogP contribution in [0.15, 0.2) is 53.5 Å². The Bertz CT molecular complexity index is 1420. The standard InChI is InChI=1S/C29H35N5O5/c1-28-11-12-29(2,34(28)27(36)37)17-21(16-28)33(4)25-9-8-23(30-31-25)22-7-6-19(14-24(22)39-18-38-5)20-10-13-32(3)26(35)15-20/h6-10,13-15,21H,11-12,16-18H2,1-5H3,(H,36,37). The molecule has 10 heteroatoms. The van der Waals surface area contributed by atoms with E-state index in [9.17, 15) is 14.7 Å². The second kappa shape index (κ2) is 10.00. The number of hydrogen-bond donors (Lipinski definition) is 1. The van der Waals surface area contributed by atoms with Crippen LogP contribution in [0.25, 0.3) is 22.4 Å². The molecule has 2 fully saturated rings. The maximum Gasteiger partial charge on any atom is 0.408 e. The van der Waals surface area contributed by atoms with Crippen molar-refractivity contribution >= 4 is 11.9 Å². The quantitative estimate of drug-likeness (QED) is 0.446. The van der Waals surface area contributed by atoms with Crippen molar-refractivity contribution < 1.29 is 19.4 Å². The summed E-state index contributed by atoms with van der Waals surface area (Å²) in [6.45, 7) is 4.17. The van der Waals surface area contributed by atoms with E-state index in [0.717, 1.165) is 48.2 Å². The van der Waals surface area contributed by atoms with E-state index in [1.807, 2.05) is 43.4 Å². The SMILES string of the molecule is COCOc1cc(-c2ccn(C)c(=O)c2)ccc1-c1ccc(N(C)C2CC3(C)CCC(C)(C2)N3C(=O)O)nn1. The Kier molecular flexibility index (Phi) is 6.84. The van der Waals surface area contributed by atoms with Crippen LogP contribution in [-0.2, 0) is 11.8 Å². The Labute approximate surface area is 227 Å². The summed E-state index contributed by atoms with van der Waals surface area (Å²) in [6.07, 6.45) is 4.11. The molecule has 2 bridgehead atoms. The number of pyridine rings is 1. The number of methoxy groups -OCH3 is 1. The van der Waals surface area contributed by atoms with E-state index < -0.39 is 6.09 Å². The van der Waals surface area contributed by atoms with Gasteiger partial charge in [0, 0.05) is 56.2 Å². The van der Waals surface area contributed by atoms with E-state index in [4.69, 9.17) is 9.47 Å². The van der Waals surface area contributed by atoms with Gasteiger partial charge in [0.15, 0.2) is 12.6 Å². The lowest BCUT2D eigenvalue weighted by Gasteiger charge is -2.51. The first-order valence-electron chi connectivity index (χ1n) is 13.1. The molecule has 5 rings (SSSR count). The number of carboxylic acid groups (broad SMARTS) is 1. The maximum atomic E-state index is 12.1. The van der Waals surface area contributed by atoms with Crippen molar-refractivity contribution in [3.05, 3.63) is 59.0 Å². The van der Waals surface area contributed by atoms with Crippen LogP contribution in [0.2, 0.25) is 0 Å². The summed E-state index contributed by atoms with van der Waals surface area (Å²) in [5.41, 5.74) is 2.18. The zero-order chi connectivity index (χ0) is 27.9. The summed E-state index contributed by atoms with van der Waals surface area (Å²) in [7, 11) is 5.28. The number of benzene rings is 1. The van der Waals surface area contributed by atoms with Crippen LogP contribution in [0.4, 0.5) is 10.6 Å². The molecule has 4 heterocycles. The fraction of sp³-hybridized carbons (Fsp3) is 0.448. The Morgan fingerprint density at radius 1 is 1.08 bits per heavy atom. The van der Waals surface area contributed by atoms with Crippen LogP contribution in [0.1, 0.15) is 39.5 Å². The first-order chi connectivity index (χ1) is 18.5. The van der Waals surface area contributed by atoms with Gasteiger partial charge in [0.1, 0.15) is 5.75 Å². The normalized spacial score (nSPS) is 24.0. The van der Waals surface area contributed by atoms with Gasteiger partial charge in [-0.05, 0) is 81.0 Å². The molecule has 2 atom stereocenters. The summed E-state index contributed by atoms with van der Waals surface area (Å²) >= 11 is 0. The molecule has 2 aliphatic rings. The first kappa shape index (κ1) is 26.7. The second-order valence-electron chi connectivity index (χ2n) is 11.2. The van der Waals surface area contributed by atoms with Crippen molar-refractivity contribution in [3.63, 3.8) is 0 Å². The van der Waals surface area contributed by atoms with Crippen molar-refractivity contribution in [1.82, 2.24) is 19.7 Å². The molecule has 39 heavy (non-hydrogen) atoms. The number of fused-ring (bicyclic) bond motifs is 2. The molecule has 0 spiro atoms. The first-order valence-corrected chi connectivity index (χ1v) is 13.1. The van der Waals surface area contributed by atoms with Gasteiger partial charge >= 0.3 is 6.09 Å². The van der Waals surface area contributed by atoms with E-state index in [1.54, 1.807) is 31.3 Å². The molecule has 1 amide bonds. The number of anilines is 1. The minimum Gasteiger partial charge on any atom is -0.467 e. The summed E-state index contributed by atoms with van der Waals surface area (Å²) < 4.78 is 12.5. The highest BCUT2D eigenvalue weighted by Crippen LogP contribution is 2.51. The highest BCUT2D eigenvalue weighted by atomic mass is 16.7. The van der Waals surface area contributed by atoms with Crippen molar-refractivity contribution in [2.45, 2.75) is 56.7 Å². The smallest absolute Gasteiger partial charge is 0.408 e. The summed E-state index contributed by atoms with van der Waals surface area (Å²) in [5.74, 6) is 1.30. The monoisotopic (exact) mass is 533 g/mol. The summed E-state index contributed by atoms with van der Waals surface area (Å²) in [6, 6.07) is 13.2. The van der Waals surface area contributed by atoms with Gasteiger partial charge in [-0.1, -0.05) is 6.07 Å². The van der Waals surface area contributed by atoms with Gasteiger partial charge in [0.2, 0.25) is 0 Å². The lowest BCUT2D eigenvalue weighted by molar-refractivity contribution is 0.0131. The van der Waals surface area contributed by atoms with Crippen molar-refractivity contribution in [2.24, 2.45) is 7.05 Å². The molecule has 0 aliphatic carbocycles. The Hall–Kier alpha value is -3.92. The molecule has 1 N–H and O–H groups in total. The fourth-order valence-corrected chi connectivity index (χ4v) is 6.35. The predicted octanol–water partition coefficient (Wildman–Crippen LogP) is 4.38. The lowest BCUT2D eigenvalue weighted by Crippen LogP contribution is -2.62. The van der Waals surface area contributed by atoms with Crippen molar-refractivity contribution in [2.75, 3.05) is 25.9 Å². The Morgan fingerprint density at radius 2 is 1.77 bits per heavy atom. The largest absolute Gasteiger partial charge is 0.467 e. The number of ether oxygens (including phenoxy) is 2. The van der Waals surface area contributed by atoms with Crippen molar-refractivity contribution in [3.8, 4) is 28.1 Å². The molecule has 2 saturated heterocycles. The molecular formula is C29H35N5O5. The van der Waals surface area contributed by atoms with E-state index >= 15 is 0 Å². The molecule has 2 aromatic heterocycles. The van der Waals surface area contributed by atoms with Crippen LogP contribution in [0.3, 0.4) is 0 Å². The number of nitrogens with zero attached hydrogens (tertiary/aromatic N) is 5. The third-order valence-electron chi connectivity index (χ3n) is 8.41. The number of amides is 1. The van der Waals surface area contributed by atoms with Crippen LogP contribution in [0, 0.1) is 0 Å². The van der Waals surface area contributed by atoms with E-state index in [0.29, 0.717) is 11.4 Å². The molecule has 10 nitrogen and oxygen atoms in total. The summed E-state index contributed by atoms with van der Waals surface area (Å²) in [4.78, 5) is 28.0. The Morgan fingerprint density at radius 3 is 2.36 bits per heavy atom. The second-order valence-corrected chi connectivity index (χ2v) is 11.2. The number of carbonyl (C=O) groups is 1. The van der Waals surface area contributed by atoms with Gasteiger partial charge in [-0.15, -0.1) is 10.2 Å². The Balaban J connectivity index is 1.40. The highest BCUT2D eigenvalue weighted by molar-refractivity contribution is 5.74. The summed E-state index contributed by atoms with van der Waals surface area (Å²) in [5, 5.41) is 18.9. The predicted molar refractivity (Wildman–Crippen MR) is 148 cm³/mol. The number of hydrogen-bond acceptors (Lipinski definition) is 7. The molecule has 0 saturated carbocycles. The minimum atomic E-state index is -0.838. The highest BCUT2D eigenvalue weighted by Gasteiger charge is 2.58. The third-order valence-corrected chi connectivity index (χ3v) is 8.41. The van der Waals surface area contributed by atoms with Gasteiger partial charge in [-0.3, -0.25) is 9.69 Å². The van der Waals surface area contributed by atoms with Crippen LogP contribution >= 0.6 is 0 Å². The zero-order valence-corrected chi connectivity index (χ0v) is 23.0. The average Bonchev–Trinajstić information content (AvgIpc) is 3.09. The van der Waals surface area contributed by atoms with Crippen LogP contribution < -0.4 is 15.2 Å². The fourth-order valence-electron chi connectivity index (χ4n) is 6.35. The molecule has 2 unspecified atom stereocenters. The molecule has 3 aromatic rings. The number of aromatic nitrogens is 3. The average molecular weight is 534 g/mol. The topological polar surface area (TPSA) is 110 Å². The number of piperidine rings is 1. The number of rotatable bonds is 7. The lowest BCUT2D eigenvalue weighted by atomic mass is 9.82. The van der Waals surface area contributed by atoms with Gasteiger partial charge in [-0.25, -0.2) is 4.79 Å². The van der Waals surface area contributed by atoms with Gasteiger partial charge in [0.25, 0.3) is 5.56 Å². The third kappa shape index (κ3) is 4.85. The molecular weight excluding hydrogens is 498 g/mol.